The Morgan fingerprint density at radius 3 is 2.35 bits per heavy atom. The Bertz CT molecular complexity index is 1230. The molecule has 4 rings (SSSR count). The molecule has 1 aliphatic heterocycles. The van der Waals surface area contributed by atoms with Gasteiger partial charge in [-0.1, -0.05) is 66.2 Å². The Balaban J connectivity index is 1.46. The van der Waals surface area contributed by atoms with Gasteiger partial charge in [-0.15, -0.1) is 0 Å². The maximum atomic E-state index is 13.3. The van der Waals surface area contributed by atoms with E-state index in [4.69, 9.17) is 11.6 Å². The van der Waals surface area contributed by atoms with E-state index in [9.17, 15) is 14.4 Å². The first-order valence-corrected chi connectivity index (χ1v) is 11.6. The lowest BCUT2D eigenvalue weighted by atomic mass is 9.92. The fourth-order valence-electron chi connectivity index (χ4n) is 4.07. The minimum absolute atomic E-state index is 0.233. The molecule has 0 fully saturated rings. The number of rotatable bonds is 6. The van der Waals surface area contributed by atoms with E-state index in [2.05, 4.69) is 10.7 Å². The van der Waals surface area contributed by atoms with Crippen LogP contribution in [0.2, 0.25) is 5.02 Å². The van der Waals surface area contributed by atoms with E-state index in [1.807, 2.05) is 61.5 Å². The van der Waals surface area contributed by atoms with E-state index in [1.54, 1.807) is 25.1 Å². The van der Waals surface area contributed by atoms with Crippen molar-refractivity contribution in [2.45, 2.75) is 38.6 Å². The molecule has 1 heterocycles. The first kappa shape index (κ1) is 23.5. The summed E-state index contributed by atoms with van der Waals surface area (Å²) in [6.45, 7) is 3.43. The first-order chi connectivity index (χ1) is 16.3. The Kier molecular flexibility index (Phi) is 6.98. The summed E-state index contributed by atoms with van der Waals surface area (Å²) >= 11 is 5.89. The van der Waals surface area contributed by atoms with Crippen molar-refractivity contribution in [2.24, 2.45) is 0 Å². The highest BCUT2D eigenvalue weighted by Gasteiger charge is 2.33. The lowest BCUT2D eigenvalue weighted by Gasteiger charge is -2.27. The molecule has 6 nitrogen and oxygen atoms in total. The molecular formula is C27H26ClN3O3. The van der Waals surface area contributed by atoms with Crippen LogP contribution in [0.25, 0.3) is 11.1 Å². The molecule has 1 unspecified atom stereocenters. The Hall–Kier alpha value is -3.64. The van der Waals surface area contributed by atoms with Crippen molar-refractivity contribution >= 4 is 35.0 Å². The van der Waals surface area contributed by atoms with Crippen LogP contribution in [-0.2, 0) is 20.8 Å². The summed E-state index contributed by atoms with van der Waals surface area (Å²) in [7, 11) is 0. The van der Waals surface area contributed by atoms with E-state index < -0.39 is 17.9 Å². The number of amides is 3. The fourth-order valence-corrected chi connectivity index (χ4v) is 4.20. The number of carbonyl (C=O) groups is 3. The van der Waals surface area contributed by atoms with Crippen molar-refractivity contribution in [3.8, 4) is 11.1 Å². The number of fused-ring (bicyclic) bond motifs is 3. The summed E-state index contributed by atoms with van der Waals surface area (Å²) in [6, 6.07) is 21.7. The maximum absolute atomic E-state index is 13.3. The summed E-state index contributed by atoms with van der Waals surface area (Å²) in [5.74, 6) is -1.41. The SMILES string of the molecule is CC1C(=O)N(NC(=O)[C@H](C)NC(=O)CCc2ccc(Cl)cc2)c2ccccc2-c2ccccc21. The third-order valence-electron chi connectivity index (χ3n) is 6.00. The Labute approximate surface area is 203 Å². The fraction of sp³-hybridized carbons (Fsp3) is 0.222. The average Bonchev–Trinajstić information content (AvgIpc) is 2.93. The van der Waals surface area contributed by atoms with Crippen LogP contribution >= 0.6 is 11.6 Å². The highest BCUT2D eigenvalue weighted by Crippen LogP contribution is 2.39. The number of hydrogen-bond donors (Lipinski definition) is 2. The highest BCUT2D eigenvalue weighted by atomic mass is 35.5. The number of benzene rings is 3. The largest absolute Gasteiger partial charge is 0.345 e. The van der Waals surface area contributed by atoms with Gasteiger partial charge in [0.2, 0.25) is 5.91 Å². The molecule has 0 saturated carbocycles. The maximum Gasteiger partial charge on any atom is 0.261 e. The second-order valence-corrected chi connectivity index (χ2v) is 8.83. The minimum atomic E-state index is -0.821. The predicted octanol–water partition coefficient (Wildman–Crippen LogP) is 4.63. The number of hydrazine groups is 1. The summed E-state index contributed by atoms with van der Waals surface area (Å²) in [5.41, 5.74) is 7.03. The lowest BCUT2D eigenvalue weighted by molar-refractivity contribution is -0.130. The van der Waals surface area contributed by atoms with Crippen molar-refractivity contribution in [3.05, 3.63) is 88.9 Å². The molecule has 3 aromatic carbocycles. The van der Waals surface area contributed by atoms with Crippen molar-refractivity contribution in [3.63, 3.8) is 0 Å². The average molecular weight is 476 g/mol. The van der Waals surface area contributed by atoms with E-state index >= 15 is 0 Å². The number of nitrogens with one attached hydrogen (secondary N) is 2. The van der Waals surface area contributed by atoms with Crippen LogP contribution < -0.4 is 15.8 Å². The molecule has 0 aliphatic carbocycles. The number of nitrogens with zero attached hydrogens (tertiary/aromatic N) is 1. The molecule has 1 aliphatic rings. The number of para-hydroxylation sites is 1. The minimum Gasteiger partial charge on any atom is -0.345 e. The number of hydrogen-bond acceptors (Lipinski definition) is 3. The molecule has 0 radical (unpaired) electrons. The summed E-state index contributed by atoms with van der Waals surface area (Å²) in [4.78, 5) is 38.7. The van der Waals surface area contributed by atoms with Crippen LogP contribution in [0.3, 0.4) is 0 Å². The number of anilines is 1. The molecule has 7 heteroatoms. The third kappa shape index (κ3) is 4.97. The molecular weight excluding hydrogens is 450 g/mol. The van der Waals surface area contributed by atoms with Gasteiger partial charge in [-0.2, -0.15) is 0 Å². The van der Waals surface area contributed by atoms with Gasteiger partial charge in [-0.05, 0) is 55.2 Å². The lowest BCUT2D eigenvalue weighted by Crippen LogP contribution is -2.54. The summed E-state index contributed by atoms with van der Waals surface area (Å²) in [5, 5.41) is 4.66. The van der Waals surface area contributed by atoms with E-state index in [0.717, 1.165) is 22.3 Å². The van der Waals surface area contributed by atoms with Gasteiger partial charge in [0.25, 0.3) is 11.8 Å². The molecule has 174 valence electrons. The van der Waals surface area contributed by atoms with Crippen molar-refractivity contribution in [2.75, 3.05) is 5.01 Å². The molecule has 0 bridgehead atoms. The second-order valence-electron chi connectivity index (χ2n) is 8.39. The van der Waals surface area contributed by atoms with Gasteiger partial charge in [-0.3, -0.25) is 19.8 Å². The zero-order chi connectivity index (χ0) is 24.2. The monoisotopic (exact) mass is 475 g/mol. The number of aryl methyl sites for hydroxylation is 1. The van der Waals surface area contributed by atoms with Crippen LogP contribution in [-0.4, -0.2) is 23.8 Å². The topological polar surface area (TPSA) is 78.5 Å². The van der Waals surface area contributed by atoms with Crippen molar-refractivity contribution in [1.29, 1.82) is 0 Å². The van der Waals surface area contributed by atoms with Gasteiger partial charge in [0.1, 0.15) is 6.04 Å². The molecule has 3 aromatic rings. The molecule has 0 spiro atoms. The van der Waals surface area contributed by atoms with Gasteiger partial charge in [0.05, 0.1) is 11.6 Å². The summed E-state index contributed by atoms with van der Waals surface area (Å²) < 4.78 is 0. The zero-order valence-corrected chi connectivity index (χ0v) is 19.8. The highest BCUT2D eigenvalue weighted by molar-refractivity contribution is 6.30. The van der Waals surface area contributed by atoms with Crippen LogP contribution in [0.4, 0.5) is 5.69 Å². The van der Waals surface area contributed by atoms with Crippen LogP contribution in [0.1, 0.15) is 37.3 Å². The van der Waals surface area contributed by atoms with E-state index in [-0.39, 0.29) is 18.2 Å². The predicted molar refractivity (Wildman–Crippen MR) is 133 cm³/mol. The van der Waals surface area contributed by atoms with Gasteiger partial charge >= 0.3 is 0 Å². The Morgan fingerprint density at radius 2 is 1.62 bits per heavy atom. The number of carbonyl (C=O) groups excluding carboxylic acids is 3. The normalized spacial score (nSPS) is 15.6. The van der Waals surface area contributed by atoms with Gasteiger partial charge in [0.15, 0.2) is 0 Å². The molecule has 0 saturated heterocycles. The van der Waals surface area contributed by atoms with Crippen molar-refractivity contribution in [1.82, 2.24) is 10.7 Å². The first-order valence-electron chi connectivity index (χ1n) is 11.2. The van der Waals surface area contributed by atoms with Crippen LogP contribution in [0.5, 0.6) is 0 Å². The van der Waals surface area contributed by atoms with E-state index in [1.165, 1.54) is 5.01 Å². The van der Waals surface area contributed by atoms with E-state index in [0.29, 0.717) is 17.1 Å². The van der Waals surface area contributed by atoms with Gasteiger partial charge in [-0.25, -0.2) is 5.01 Å². The number of halogens is 1. The molecule has 0 aromatic heterocycles. The Morgan fingerprint density at radius 1 is 0.971 bits per heavy atom. The second kappa shape index (κ2) is 10.1. The van der Waals surface area contributed by atoms with Crippen LogP contribution in [0.15, 0.2) is 72.8 Å². The van der Waals surface area contributed by atoms with Crippen molar-refractivity contribution < 1.29 is 14.4 Å². The molecule has 3 amide bonds. The quantitative estimate of drug-likeness (QED) is 0.545. The molecule has 2 N–H and O–H groups in total. The molecule has 34 heavy (non-hydrogen) atoms. The van der Waals surface area contributed by atoms with Crippen LogP contribution in [0, 0.1) is 0 Å². The van der Waals surface area contributed by atoms with Gasteiger partial charge < -0.3 is 5.32 Å². The smallest absolute Gasteiger partial charge is 0.261 e. The standard InChI is InChI=1S/C27H26ClN3O3/c1-17-21-7-3-4-8-22(21)23-9-5-6-10-24(23)31(27(17)34)30-26(33)18(2)29-25(32)16-13-19-11-14-20(28)15-12-19/h3-12,14-15,17-18H,13,16H2,1-2H3,(H,29,32)(H,30,33)/t17?,18-/m0/s1. The zero-order valence-electron chi connectivity index (χ0n) is 19.0. The molecule has 2 atom stereocenters. The summed E-state index contributed by atoms with van der Waals surface area (Å²) in [6.07, 6.45) is 0.766. The van der Waals surface area contributed by atoms with Gasteiger partial charge in [0, 0.05) is 17.0 Å². The third-order valence-corrected chi connectivity index (χ3v) is 6.25.